The number of benzene rings is 2. The Morgan fingerprint density at radius 3 is 2.41 bits per heavy atom. The first-order valence-electron chi connectivity index (χ1n) is 9.78. The molecule has 0 unspecified atom stereocenters. The lowest BCUT2D eigenvalue weighted by Gasteiger charge is -2.13. The summed E-state index contributed by atoms with van der Waals surface area (Å²) in [4.78, 5) is 5.01. The number of ether oxygens (including phenoxy) is 1. The monoisotopic (exact) mass is 386 g/mol. The summed E-state index contributed by atoms with van der Waals surface area (Å²) in [5.41, 5.74) is 7.88. The lowest BCUT2D eigenvalue weighted by molar-refractivity contribution is 0.415. The van der Waals surface area contributed by atoms with Crippen LogP contribution in [0.3, 0.4) is 0 Å². The van der Waals surface area contributed by atoms with Crippen LogP contribution in [0.5, 0.6) is 5.75 Å². The number of nitrogens with one attached hydrogen (secondary N) is 1. The largest absolute Gasteiger partial charge is 0.497 e. The van der Waals surface area contributed by atoms with Crippen molar-refractivity contribution < 1.29 is 4.74 Å². The van der Waals surface area contributed by atoms with E-state index in [0.29, 0.717) is 0 Å². The molecule has 0 saturated carbocycles. The van der Waals surface area contributed by atoms with E-state index in [1.165, 1.54) is 22.4 Å². The zero-order valence-corrected chi connectivity index (χ0v) is 17.4. The molecule has 0 saturated heterocycles. The number of hydrogen-bond donors (Lipinski definition) is 1. The summed E-state index contributed by atoms with van der Waals surface area (Å²) in [5, 5.41) is 9.04. The maximum atomic E-state index is 5.31. The highest BCUT2D eigenvalue weighted by Crippen LogP contribution is 2.28. The topological polar surface area (TPSA) is 52.0 Å². The fourth-order valence-electron chi connectivity index (χ4n) is 3.50. The zero-order valence-electron chi connectivity index (χ0n) is 17.4. The molecule has 5 nitrogen and oxygen atoms in total. The van der Waals surface area contributed by atoms with Crippen LogP contribution in [-0.2, 0) is 20.1 Å². The van der Waals surface area contributed by atoms with Gasteiger partial charge in [-0.2, -0.15) is 5.10 Å². The molecule has 2 aromatic heterocycles. The summed E-state index contributed by atoms with van der Waals surface area (Å²) in [6.45, 7) is 5.69. The van der Waals surface area contributed by atoms with E-state index in [2.05, 4.69) is 60.7 Å². The molecule has 0 bridgehead atoms. The Kier molecular flexibility index (Phi) is 5.32. The van der Waals surface area contributed by atoms with Gasteiger partial charge in [0.2, 0.25) is 0 Å². The Morgan fingerprint density at radius 2 is 1.72 bits per heavy atom. The minimum atomic E-state index is 0.729. The Labute approximate surface area is 171 Å². The minimum absolute atomic E-state index is 0.729. The third-order valence-corrected chi connectivity index (χ3v) is 5.38. The first-order valence-corrected chi connectivity index (χ1v) is 9.78. The van der Waals surface area contributed by atoms with E-state index in [9.17, 15) is 0 Å². The maximum absolute atomic E-state index is 5.31. The molecule has 2 heterocycles. The van der Waals surface area contributed by atoms with Crippen molar-refractivity contribution in [1.82, 2.24) is 20.1 Å². The average Bonchev–Trinajstić information content (AvgIpc) is 3.05. The van der Waals surface area contributed by atoms with E-state index in [4.69, 9.17) is 9.72 Å². The van der Waals surface area contributed by atoms with Crippen molar-refractivity contribution in [2.45, 2.75) is 26.9 Å². The van der Waals surface area contributed by atoms with Crippen molar-refractivity contribution >= 4 is 10.9 Å². The third-order valence-electron chi connectivity index (χ3n) is 5.38. The normalized spacial score (nSPS) is 11.2. The third kappa shape index (κ3) is 4.00. The molecule has 4 rings (SSSR count). The van der Waals surface area contributed by atoms with E-state index >= 15 is 0 Å². The molecule has 0 spiro atoms. The van der Waals surface area contributed by atoms with Gasteiger partial charge in [-0.05, 0) is 61.4 Å². The molecule has 5 heteroatoms. The summed E-state index contributed by atoms with van der Waals surface area (Å²) in [7, 11) is 3.65. The van der Waals surface area contributed by atoms with Crippen LogP contribution < -0.4 is 10.1 Å². The van der Waals surface area contributed by atoms with Crippen LogP contribution >= 0.6 is 0 Å². The molecule has 0 fully saturated rings. The fourth-order valence-corrected chi connectivity index (χ4v) is 3.50. The number of hydrogen-bond acceptors (Lipinski definition) is 4. The summed E-state index contributed by atoms with van der Waals surface area (Å²) in [5.74, 6) is 0.845. The number of nitrogens with zero attached hydrogens (tertiary/aromatic N) is 3. The van der Waals surface area contributed by atoms with Crippen molar-refractivity contribution in [2.75, 3.05) is 7.11 Å². The first kappa shape index (κ1) is 19.2. The van der Waals surface area contributed by atoms with Gasteiger partial charge >= 0.3 is 0 Å². The molecule has 0 atom stereocenters. The highest BCUT2D eigenvalue weighted by Gasteiger charge is 2.11. The van der Waals surface area contributed by atoms with E-state index in [1.54, 1.807) is 7.11 Å². The fraction of sp³-hybridized carbons (Fsp3) is 0.250. The molecule has 148 valence electrons. The molecule has 0 aliphatic carbocycles. The molecule has 2 aromatic carbocycles. The van der Waals surface area contributed by atoms with Crippen molar-refractivity contribution in [3.05, 3.63) is 77.1 Å². The highest BCUT2D eigenvalue weighted by atomic mass is 16.5. The van der Waals surface area contributed by atoms with Crippen LogP contribution in [0.25, 0.3) is 22.2 Å². The second kappa shape index (κ2) is 8.05. The Balaban J connectivity index is 1.67. The van der Waals surface area contributed by atoms with Gasteiger partial charge in [-0.15, -0.1) is 0 Å². The lowest BCUT2D eigenvalue weighted by Crippen LogP contribution is -2.14. The number of rotatable bonds is 6. The van der Waals surface area contributed by atoms with Gasteiger partial charge in [0.05, 0.1) is 24.5 Å². The van der Waals surface area contributed by atoms with Gasteiger partial charge in [0.25, 0.3) is 0 Å². The van der Waals surface area contributed by atoms with E-state index in [1.807, 2.05) is 30.1 Å². The molecular formula is C24H26N4O. The van der Waals surface area contributed by atoms with Crippen molar-refractivity contribution in [2.24, 2.45) is 7.05 Å². The predicted octanol–water partition coefficient (Wildman–Crippen LogP) is 4.55. The Morgan fingerprint density at radius 1 is 0.966 bits per heavy atom. The van der Waals surface area contributed by atoms with E-state index < -0.39 is 0 Å². The first-order chi connectivity index (χ1) is 14.0. The highest BCUT2D eigenvalue weighted by molar-refractivity contribution is 5.84. The summed E-state index contributed by atoms with van der Waals surface area (Å²) < 4.78 is 7.21. The predicted molar refractivity (Wildman–Crippen MR) is 117 cm³/mol. The van der Waals surface area contributed by atoms with Gasteiger partial charge in [-0.25, -0.2) is 4.98 Å². The van der Waals surface area contributed by atoms with Gasteiger partial charge in [0.1, 0.15) is 5.75 Å². The quantitative estimate of drug-likeness (QED) is 0.528. The van der Waals surface area contributed by atoms with Gasteiger partial charge in [0.15, 0.2) is 0 Å². The molecule has 0 aliphatic rings. The van der Waals surface area contributed by atoms with Gasteiger partial charge in [0, 0.05) is 42.3 Å². The molecular weight excluding hydrogens is 360 g/mol. The molecule has 1 N–H and O–H groups in total. The van der Waals surface area contributed by atoms with Crippen LogP contribution in [0.15, 0.2) is 54.7 Å². The number of pyridine rings is 1. The van der Waals surface area contributed by atoms with Gasteiger partial charge < -0.3 is 10.1 Å². The number of aryl methyl sites for hydroxylation is 2. The molecule has 0 amide bonds. The average molecular weight is 386 g/mol. The minimum Gasteiger partial charge on any atom is -0.497 e. The maximum Gasteiger partial charge on any atom is 0.118 e. The number of methoxy groups -OCH3 is 1. The smallest absolute Gasteiger partial charge is 0.118 e. The van der Waals surface area contributed by atoms with Crippen LogP contribution in [0.1, 0.15) is 22.4 Å². The Bertz CT molecular complexity index is 1150. The van der Waals surface area contributed by atoms with E-state index in [0.717, 1.165) is 41.0 Å². The lowest BCUT2D eigenvalue weighted by atomic mass is 10.0. The van der Waals surface area contributed by atoms with Gasteiger partial charge in [-0.1, -0.05) is 12.1 Å². The summed E-state index contributed by atoms with van der Waals surface area (Å²) >= 11 is 0. The van der Waals surface area contributed by atoms with Crippen LogP contribution in [-0.4, -0.2) is 21.9 Å². The molecule has 0 aliphatic heterocycles. The Hall–Kier alpha value is -3.18. The van der Waals surface area contributed by atoms with Crippen LogP contribution in [0, 0.1) is 13.8 Å². The van der Waals surface area contributed by atoms with Crippen molar-refractivity contribution in [3.63, 3.8) is 0 Å². The molecule has 29 heavy (non-hydrogen) atoms. The SMILES string of the molecule is COc1ccc(-c2nc3cc(C)ccc3cc2CNCc2cnn(C)c2C)cc1. The molecule has 4 aromatic rings. The van der Waals surface area contributed by atoms with Crippen LogP contribution in [0.4, 0.5) is 0 Å². The number of fused-ring (bicyclic) bond motifs is 1. The second-order valence-corrected chi connectivity index (χ2v) is 7.40. The van der Waals surface area contributed by atoms with Crippen molar-refractivity contribution in [1.29, 1.82) is 0 Å². The standard InChI is InChI=1S/C24H26N4O/c1-16-5-6-19-12-20(13-25-14-21-15-26-28(3)17(21)2)24(27-23(19)11-16)18-7-9-22(29-4)10-8-18/h5-12,15,25H,13-14H2,1-4H3. The summed E-state index contributed by atoms with van der Waals surface area (Å²) in [6.07, 6.45) is 1.92. The second-order valence-electron chi connectivity index (χ2n) is 7.40. The number of aromatic nitrogens is 3. The zero-order chi connectivity index (χ0) is 20.4. The molecule has 0 radical (unpaired) electrons. The van der Waals surface area contributed by atoms with E-state index in [-0.39, 0.29) is 0 Å². The van der Waals surface area contributed by atoms with Crippen LogP contribution in [0.2, 0.25) is 0 Å². The summed E-state index contributed by atoms with van der Waals surface area (Å²) in [6, 6.07) is 16.7. The van der Waals surface area contributed by atoms with Crippen molar-refractivity contribution in [3.8, 4) is 17.0 Å². The van der Waals surface area contributed by atoms with Gasteiger partial charge in [-0.3, -0.25) is 4.68 Å².